The van der Waals surface area contributed by atoms with Crippen molar-refractivity contribution >= 4 is 17.5 Å². The summed E-state index contributed by atoms with van der Waals surface area (Å²) in [4.78, 5) is 11.8. The molecule has 0 unspecified atom stereocenters. The molecule has 1 fully saturated rings. The molecule has 0 saturated heterocycles. The number of fused-ring (bicyclic) bond motifs is 1. The lowest BCUT2D eigenvalue weighted by Gasteiger charge is -2.24. The average molecular weight is 266 g/mol. The van der Waals surface area contributed by atoms with Crippen molar-refractivity contribution < 1.29 is 9.53 Å². The van der Waals surface area contributed by atoms with Gasteiger partial charge in [0, 0.05) is 29.5 Å². The van der Waals surface area contributed by atoms with Crippen LogP contribution in [0.5, 0.6) is 5.75 Å². The Hall–Kier alpha value is -1.22. The van der Waals surface area contributed by atoms with Gasteiger partial charge in [0.15, 0.2) is 0 Å². The molecule has 1 heterocycles. The number of nitrogens with one attached hydrogen (secondary N) is 1. The average Bonchev–Trinajstić information content (AvgIpc) is 2.71. The van der Waals surface area contributed by atoms with Crippen molar-refractivity contribution in [1.82, 2.24) is 5.32 Å². The van der Waals surface area contributed by atoms with E-state index in [1.165, 1.54) is 6.42 Å². The van der Waals surface area contributed by atoms with Gasteiger partial charge in [-0.05, 0) is 30.5 Å². The molecule has 1 saturated carbocycles. The van der Waals surface area contributed by atoms with Crippen LogP contribution in [0.25, 0.3) is 0 Å². The van der Waals surface area contributed by atoms with Gasteiger partial charge in [0.2, 0.25) is 5.91 Å². The van der Waals surface area contributed by atoms with E-state index in [0.29, 0.717) is 18.2 Å². The number of carbonyl (C=O) groups excluding carboxylic acids is 1. The van der Waals surface area contributed by atoms with E-state index in [0.717, 1.165) is 36.1 Å². The third-order valence-electron chi connectivity index (χ3n) is 3.75. The summed E-state index contributed by atoms with van der Waals surface area (Å²) in [6.45, 7) is 1.22. The number of rotatable bonds is 3. The Labute approximate surface area is 111 Å². The lowest BCUT2D eigenvalue weighted by atomic mass is 9.85. The van der Waals surface area contributed by atoms with Gasteiger partial charge in [-0.3, -0.25) is 4.79 Å². The molecule has 2 aliphatic rings. The topological polar surface area (TPSA) is 38.3 Å². The molecular formula is C14H16ClNO2. The van der Waals surface area contributed by atoms with Crippen molar-refractivity contribution in [1.29, 1.82) is 0 Å². The van der Waals surface area contributed by atoms with Gasteiger partial charge in [-0.2, -0.15) is 0 Å². The molecule has 1 aromatic rings. The first-order valence-corrected chi connectivity index (χ1v) is 6.83. The molecule has 3 rings (SSSR count). The van der Waals surface area contributed by atoms with E-state index >= 15 is 0 Å². The summed E-state index contributed by atoms with van der Waals surface area (Å²) < 4.78 is 5.61. The van der Waals surface area contributed by atoms with Gasteiger partial charge < -0.3 is 10.1 Å². The molecule has 1 aliphatic heterocycles. The number of carbonyl (C=O) groups is 1. The van der Waals surface area contributed by atoms with Crippen molar-refractivity contribution in [3.63, 3.8) is 0 Å². The molecule has 0 spiro atoms. The number of amides is 1. The molecule has 0 radical (unpaired) electrons. The fraction of sp³-hybridized carbons (Fsp3) is 0.500. The molecular weight excluding hydrogens is 250 g/mol. The minimum absolute atomic E-state index is 0.160. The molecule has 96 valence electrons. The van der Waals surface area contributed by atoms with Crippen LogP contribution in [-0.2, 0) is 17.8 Å². The number of hydrogen-bond acceptors (Lipinski definition) is 2. The number of benzene rings is 1. The van der Waals surface area contributed by atoms with Crippen molar-refractivity contribution in [2.45, 2.75) is 32.2 Å². The van der Waals surface area contributed by atoms with E-state index in [2.05, 4.69) is 5.32 Å². The fourth-order valence-corrected chi connectivity index (χ4v) is 2.74. The van der Waals surface area contributed by atoms with Crippen molar-refractivity contribution in [2.75, 3.05) is 6.61 Å². The summed E-state index contributed by atoms with van der Waals surface area (Å²) in [5.41, 5.74) is 2.14. The second-order valence-electron chi connectivity index (χ2n) is 5.00. The smallest absolute Gasteiger partial charge is 0.223 e. The molecule has 18 heavy (non-hydrogen) atoms. The Bertz CT molecular complexity index is 483. The van der Waals surface area contributed by atoms with Gasteiger partial charge in [-0.25, -0.2) is 0 Å². The first-order valence-electron chi connectivity index (χ1n) is 6.46. The van der Waals surface area contributed by atoms with E-state index in [-0.39, 0.29) is 11.8 Å². The predicted molar refractivity (Wildman–Crippen MR) is 69.8 cm³/mol. The van der Waals surface area contributed by atoms with Crippen molar-refractivity contribution in [2.24, 2.45) is 5.92 Å². The predicted octanol–water partition coefficient (Wildman–Crippen LogP) is 2.69. The Balaban J connectivity index is 1.70. The maximum Gasteiger partial charge on any atom is 0.223 e. The molecule has 1 amide bonds. The molecule has 4 heteroatoms. The molecule has 0 bridgehead atoms. The van der Waals surface area contributed by atoms with Crippen LogP contribution in [0.3, 0.4) is 0 Å². The molecule has 1 N–H and O–H groups in total. The molecule has 0 atom stereocenters. The number of halogens is 1. The zero-order chi connectivity index (χ0) is 12.5. The maximum atomic E-state index is 11.8. The fourth-order valence-electron chi connectivity index (χ4n) is 2.47. The Morgan fingerprint density at radius 3 is 3.00 bits per heavy atom. The largest absolute Gasteiger partial charge is 0.493 e. The van der Waals surface area contributed by atoms with Crippen LogP contribution in [0.15, 0.2) is 12.1 Å². The first-order chi connectivity index (χ1) is 8.74. The second-order valence-corrected chi connectivity index (χ2v) is 5.43. The van der Waals surface area contributed by atoms with E-state index in [1.807, 2.05) is 12.1 Å². The molecule has 0 aromatic heterocycles. The van der Waals surface area contributed by atoms with Crippen LogP contribution in [0, 0.1) is 5.92 Å². The standard InChI is InChI=1S/C14H16ClNO2/c15-12-6-10-4-5-18-13(10)11(7-12)8-16-14(17)9-2-1-3-9/h6-7,9H,1-5,8H2,(H,16,17). The zero-order valence-electron chi connectivity index (χ0n) is 10.2. The van der Waals surface area contributed by atoms with E-state index in [1.54, 1.807) is 0 Å². The SMILES string of the molecule is O=C(NCc1cc(Cl)cc2c1OCC2)C1CCC1. The lowest BCUT2D eigenvalue weighted by Crippen LogP contribution is -2.34. The van der Waals surface area contributed by atoms with Gasteiger partial charge in [-0.15, -0.1) is 0 Å². The van der Waals surface area contributed by atoms with Crippen LogP contribution in [0.4, 0.5) is 0 Å². The van der Waals surface area contributed by atoms with Gasteiger partial charge in [-0.1, -0.05) is 18.0 Å². The second kappa shape index (κ2) is 4.81. The van der Waals surface area contributed by atoms with Gasteiger partial charge >= 0.3 is 0 Å². The van der Waals surface area contributed by atoms with E-state index in [4.69, 9.17) is 16.3 Å². The van der Waals surface area contributed by atoms with Crippen LogP contribution in [-0.4, -0.2) is 12.5 Å². The number of hydrogen-bond donors (Lipinski definition) is 1. The quantitative estimate of drug-likeness (QED) is 0.913. The van der Waals surface area contributed by atoms with Crippen LogP contribution in [0.2, 0.25) is 5.02 Å². The Morgan fingerprint density at radius 2 is 2.28 bits per heavy atom. The van der Waals surface area contributed by atoms with Crippen molar-refractivity contribution in [3.8, 4) is 5.75 Å². The summed E-state index contributed by atoms with van der Waals surface area (Å²) in [5, 5.41) is 3.70. The highest BCUT2D eigenvalue weighted by Crippen LogP contribution is 2.33. The Kier molecular flexibility index (Phi) is 3.16. The molecule has 3 nitrogen and oxygen atoms in total. The van der Waals surface area contributed by atoms with E-state index in [9.17, 15) is 4.79 Å². The van der Waals surface area contributed by atoms with Crippen LogP contribution < -0.4 is 10.1 Å². The molecule has 1 aromatic carbocycles. The maximum absolute atomic E-state index is 11.8. The minimum Gasteiger partial charge on any atom is -0.493 e. The van der Waals surface area contributed by atoms with Crippen molar-refractivity contribution in [3.05, 3.63) is 28.3 Å². The summed E-state index contributed by atoms with van der Waals surface area (Å²) in [6, 6.07) is 3.83. The summed E-state index contributed by atoms with van der Waals surface area (Å²) in [7, 11) is 0. The zero-order valence-corrected chi connectivity index (χ0v) is 10.9. The number of ether oxygens (including phenoxy) is 1. The van der Waals surface area contributed by atoms with E-state index < -0.39 is 0 Å². The lowest BCUT2D eigenvalue weighted by molar-refractivity contribution is -0.127. The van der Waals surface area contributed by atoms with Gasteiger partial charge in [0.25, 0.3) is 0 Å². The normalized spacial score (nSPS) is 17.8. The van der Waals surface area contributed by atoms with Crippen LogP contribution >= 0.6 is 11.6 Å². The monoisotopic (exact) mass is 265 g/mol. The summed E-state index contributed by atoms with van der Waals surface area (Å²) in [5.74, 6) is 1.29. The summed E-state index contributed by atoms with van der Waals surface area (Å²) >= 11 is 6.08. The van der Waals surface area contributed by atoms with Gasteiger partial charge in [0.1, 0.15) is 5.75 Å². The van der Waals surface area contributed by atoms with Crippen LogP contribution in [0.1, 0.15) is 30.4 Å². The van der Waals surface area contributed by atoms with Gasteiger partial charge in [0.05, 0.1) is 6.61 Å². The third kappa shape index (κ3) is 2.19. The highest BCUT2D eigenvalue weighted by molar-refractivity contribution is 6.30. The molecule has 1 aliphatic carbocycles. The minimum atomic E-state index is 0.160. The Morgan fingerprint density at radius 1 is 1.44 bits per heavy atom. The highest BCUT2D eigenvalue weighted by Gasteiger charge is 2.25. The highest BCUT2D eigenvalue weighted by atomic mass is 35.5. The first kappa shape index (κ1) is 11.8. The summed E-state index contributed by atoms with van der Waals surface area (Å²) in [6.07, 6.45) is 4.12. The third-order valence-corrected chi connectivity index (χ3v) is 3.97.